The smallest absolute Gasteiger partial charge is 0.228 e. The van der Waals surface area contributed by atoms with Gasteiger partial charge in [-0.1, -0.05) is 30.3 Å². The lowest BCUT2D eigenvalue weighted by Crippen LogP contribution is -2.66. The molecule has 2 fully saturated rings. The Kier molecular flexibility index (Phi) is 5.87. The van der Waals surface area contributed by atoms with Crippen molar-refractivity contribution in [2.24, 2.45) is 5.92 Å². The third-order valence-corrected chi connectivity index (χ3v) is 4.87. The summed E-state index contributed by atoms with van der Waals surface area (Å²) in [4.78, 5) is 12.0. The molecule has 3 rings (SSSR count). The van der Waals surface area contributed by atoms with Crippen LogP contribution in [0.15, 0.2) is 30.3 Å². The number of nitrogens with one attached hydrogen (secondary N) is 1. The second kappa shape index (κ2) is 8.10. The van der Waals surface area contributed by atoms with Crippen molar-refractivity contribution in [1.82, 2.24) is 5.32 Å². The number of ether oxygens (including phenoxy) is 3. The van der Waals surface area contributed by atoms with Crippen molar-refractivity contribution in [1.29, 1.82) is 0 Å². The summed E-state index contributed by atoms with van der Waals surface area (Å²) in [5.74, 6) is -0.139. The lowest BCUT2D eigenvalue weighted by molar-refractivity contribution is -0.206. The number of carbonyl (C=O) groups excluding carboxylic acids is 1. The highest BCUT2D eigenvalue weighted by molar-refractivity contribution is 5.86. The van der Waals surface area contributed by atoms with E-state index in [0.29, 0.717) is 6.61 Å². The minimum absolute atomic E-state index is 0.0141. The molecule has 132 valence electrons. The molecule has 0 saturated carbocycles. The molecule has 0 aliphatic carbocycles. The lowest BCUT2D eigenvalue weighted by atomic mass is 9.83. The molecule has 1 unspecified atom stereocenters. The molecule has 0 bridgehead atoms. The molecule has 1 aromatic carbocycles. The second-order valence-electron chi connectivity index (χ2n) is 6.70. The Hall–Kier alpha value is -1.43. The highest BCUT2D eigenvalue weighted by Gasteiger charge is 2.47. The molecule has 0 radical (unpaired) electrons. The van der Waals surface area contributed by atoms with Crippen molar-refractivity contribution in [3.8, 4) is 0 Å². The first-order valence-electron chi connectivity index (χ1n) is 8.88. The Morgan fingerprint density at radius 3 is 2.67 bits per heavy atom. The molecule has 1 aromatic rings. The fraction of sp³-hybridized carbons (Fsp3) is 0.632. The largest absolute Gasteiger partial charge is 0.372 e. The van der Waals surface area contributed by atoms with Crippen molar-refractivity contribution < 1.29 is 19.0 Å². The van der Waals surface area contributed by atoms with E-state index in [-0.39, 0.29) is 36.4 Å². The summed E-state index contributed by atoms with van der Waals surface area (Å²) >= 11 is 0. The molecule has 1 amide bonds. The maximum Gasteiger partial charge on any atom is 0.228 e. The summed E-state index contributed by atoms with van der Waals surface area (Å²) in [5, 5.41) is 2.96. The summed E-state index contributed by atoms with van der Waals surface area (Å²) in [6.07, 6.45) is 2.70. The van der Waals surface area contributed by atoms with Crippen LogP contribution in [0, 0.1) is 5.92 Å². The van der Waals surface area contributed by atoms with Crippen molar-refractivity contribution in [2.45, 2.75) is 64.3 Å². The Morgan fingerprint density at radius 1 is 1.21 bits per heavy atom. The predicted octanol–water partition coefficient (Wildman–Crippen LogP) is 2.64. The fourth-order valence-corrected chi connectivity index (χ4v) is 3.38. The van der Waals surface area contributed by atoms with Crippen molar-refractivity contribution in [2.75, 3.05) is 6.61 Å². The standard InChI is InChI=1S/C19H27NO4/c1-13(24-16-10-6-7-11-22-16)17-18(20-19(17)21)14(2)23-12-15-8-4-3-5-9-15/h3-5,8-9,13-14,16-18H,6-7,10-12H2,1-2H3,(H,20,21)/t13-,14+,16?,17-,18-/m1/s1. The molecule has 1 N–H and O–H groups in total. The molecule has 5 atom stereocenters. The zero-order chi connectivity index (χ0) is 16.9. The Morgan fingerprint density at radius 2 is 2.00 bits per heavy atom. The third-order valence-electron chi connectivity index (χ3n) is 4.87. The minimum atomic E-state index is -0.179. The van der Waals surface area contributed by atoms with Gasteiger partial charge in [-0.2, -0.15) is 0 Å². The van der Waals surface area contributed by atoms with Crippen LogP contribution in [0.4, 0.5) is 0 Å². The molecule has 24 heavy (non-hydrogen) atoms. The van der Waals surface area contributed by atoms with Gasteiger partial charge in [0.25, 0.3) is 0 Å². The van der Waals surface area contributed by atoms with Crippen molar-refractivity contribution >= 4 is 5.91 Å². The third kappa shape index (κ3) is 4.15. The summed E-state index contributed by atoms with van der Waals surface area (Å²) in [7, 11) is 0. The van der Waals surface area contributed by atoms with E-state index in [1.54, 1.807) is 0 Å². The normalized spacial score (nSPS) is 29.4. The van der Waals surface area contributed by atoms with Crippen LogP contribution in [0.3, 0.4) is 0 Å². The quantitative estimate of drug-likeness (QED) is 0.780. The number of carbonyl (C=O) groups is 1. The molecule has 2 saturated heterocycles. The average molecular weight is 333 g/mol. The topological polar surface area (TPSA) is 56.8 Å². The van der Waals surface area contributed by atoms with E-state index in [2.05, 4.69) is 5.32 Å². The van der Waals surface area contributed by atoms with Crippen LogP contribution in [0.1, 0.15) is 38.7 Å². The van der Waals surface area contributed by atoms with Crippen LogP contribution in [0.5, 0.6) is 0 Å². The van der Waals surface area contributed by atoms with Crippen LogP contribution in [0.25, 0.3) is 0 Å². The van der Waals surface area contributed by atoms with Crippen molar-refractivity contribution in [3.63, 3.8) is 0 Å². The number of amides is 1. The van der Waals surface area contributed by atoms with E-state index >= 15 is 0 Å². The van der Waals surface area contributed by atoms with Gasteiger partial charge in [-0.3, -0.25) is 4.79 Å². The molecule has 2 aliphatic rings. The molecule has 0 aromatic heterocycles. The summed E-state index contributed by atoms with van der Waals surface area (Å²) < 4.78 is 17.5. The maximum atomic E-state index is 12.0. The minimum Gasteiger partial charge on any atom is -0.372 e. The van der Waals surface area contributed by atoms with E-state index in [1.807, 2.05) is 44.2 Å². The van der Waals surface area contributed by atoms with Gasteiger partial charge in [0.1, 0.15) is 0 Å². The first-order valence-corrected chi connectivity index (χ1v) is 8.88. The Labute approximate surface area is 143 Å². The van der Waals surface area contributed by atoms with Crippen LogP contribution < -0.4 is 5.32 Å². The van der Waals surface area contributed by atoms with Gasteiger partial charge in [0.2, 0.25) is 5.91 Å². The summed E-state index contributed by atoms with van der Waals surface area (Å²) in [5.41, 5.74) is 1.13. The second-order valence-corrected chi connectivity index (χ2v) is 6.70. The number of rotatable bonds is 7. The van der Waals surface area contributed by atoms with E-state index in [9.17, 15) is 4.79 Å². The van der Waals surface area contributed by atoms with Crippen LogP contribution in [-0.4, -0.2) is 37.1 Å². The zero-order valence-electron chi connectivity index (χ0n) is 14.4. The maximum absolute atomic E-state index is 12.0. The van der Waals surface area contributed by atoms with Crippen LogP contribution in [0.2, 0.25) is 0 Å². The van der Waals surface area contributed by atoms with Gasteiger partial charge >= 0.3 is 0 Å². The highest BCUT2D eigenvalue weighted by Crippen LogP contribution is 2.28. The van der Waals surface area contributed by atoms with E-state index in [0.717, 1.165) is 31.4 Å². The fourth-order valence-electron chi connectivity index (χ4n) is 3.38. The first-order chi connectivity index (χ1) is 11.6. The first kappa shape index (κ1) is 17.4. The molecule has 0 spiro atoms. The molecule has 5 heteroatoms. The Balaban J connectivity index is 1.50. The van der Waals surface area contributed by atoms with E-state index in [1.165, 1.54) is 0 Å². The van der Waals surface area contributed by atoms with Crippen LogP contribution in [-0.2, 0) is 25.6 Å². The average Bonchev–Trinajstić information content (AvgIpc) is 2.59. The van der Waals surface area contributed by atoms with Gasteiger partial charge in [-0.05, 0) is 38.7 Å². The van der Waals surface area contributed by atoms with Gasteiger partial charge in [0.05, 0.1) is 30.8 Å². The predicted molar refractivity (Wildman–Crippen MR) is 90.3 cm³/mol. The zero-order valence-corrected chi connectivity index (χ0v) is 14.4. The summed E-state index contributed by atoms with van der Waals surface area (Å²) in [6, 6.07) is 10.0. The van der Waals surface area contributed by atoms with Gasteiger partial charge in [-0.25, -0.2) is 0 Å². The van der Waals surface area contributed by atoms with Crippen molar-refractivity contribution in [3.05, 3.63) is 35.9 Å². The molecule has 2 heterocycles. The lowest BCUT2D eigenvalue weighted by Gasteiger charge is -2.44. The van der Waals surface area contributed by atoms with Gasteiger partial charge < -0.3 is 19.5 Å². The molecule has 5 nitrogen and oxygen atoms in total. The molecular weight excluding hydrogens is 306 g/mol. The number of hydrogen-bond acceptors (Lipinski definition) is 4. The highest BCUT2D eigenvalue weighted by atomic mass is 16.7. The monoisotopic (exact) mass is 333 g/mol. The van der Waals surface area contributed by atoms with E-state index in [4.69, 9.17) is 14.2 Å². The Bertz CT molecular complexity index is 529. The van der Waals surface area contributed by atoms with Gasteiger partial charge in [0, 0.05) is 6.61 Å². The number of benzene rings is 1. The van der Waals surface area contributed by atoms with E-state index < -0.39 is 0 Å². The molecular formula is C19H27NO4. The van der Waals surface area contributed by atoms with Gasteiger partial charge in [-0.15, -0.1) is 0 Å². The number of hydrogen-bond donors (Lipinski definition) is 1. The van der Waals surface area contributed by atoms with Crippen LogP contribution >= 0.6 is 0 Å². The number of β-lactam (4-membered cyclic amide) rings is 1. The summed E-state index contributed by atoms with van der Waals surface area (Å²) in [6.45, 7) is 5.25. The SMILES string of the molecule is C[C@H](OCc1ccccc1)[C@H]1NC(=O)[C@@H]1[C@@H](C)OC1CCCCO1. The van der Waals surface area contributed by atoms with Gasteiger partial charge in [0.15, 0.2) is 6.29 Å². The molecule has 2 aliphatic heterocycles.